The number of aromatic amines is 1. The number of imidazole rings is 1. The molecule has 0 aliphatic carbocycles. The van der Waals surface area contributed by atoms with Gasteiger partial charge in [-0.25, -0.2) is 4.98 Å². The van der Waals surface area contributed by atoms with Gasteiger partial charge in [-0.1, -0.05) is 18.2 Å². The average Bonchev–Trinajstić information content (AvgIpc) is 3.04. The number of fused-ring (bicyclic) bond motifs is 2. The number of methoxy groups -OCH3 is 1. The van der Waals surface area contributed by atoms with Crippen molar-refractivity contribution in [1.29, 1.82) is 0 Å². The summed E-state index contributed by atoms with van der Waals surface area (Å²) >= 11 is 0. The molecule has 3 aromatic carbocycles. The molecule has 1 aliphatic rings. The lowest BCUT2D eigenvalue weighted by atomic mass is 9.97. The third-order valence-electron chi connectivity index (χ3n) is 6.00. The van der Waals surface area contributed by atoms with Crippen molar-refractivity contribution in [2.75, 3.05) is 13.7 Å². The van der Waals surface area contributed by atoms with Crippen molar-refractivity contribution in [3.63, 3.8) is 0 Å². The molecule has 0 saturated carbocycles. The Bertz CT molecular complexity index is 1260. The number of carbonyl (C=O) groups excluding carboxylic acids is 1. The summed E-state index contributed by atoms with van der Waals surface area (Å²) in [6.45, 7) is 3.35. The Labute approximate surface area is 181 Å². The summed E-state index contributed by atoms with van der Waals surface area (Å²) in [4.78, 5) is 22.9. The van der Waals surface area contributed by atoms with Gasteiger partial charge in [-0.2, -0.15) is 0 Å². The quantitative estimate of drug-likeness (QED) is 0.508. The maximum atomic E-state index is 13.1. The van der Waals surface area contributed by atoms with Crippen molar-refractivity contribution in [1.82, 2.24) is 14.9 Å². The summed E-state index contributed by atoms with van der Waals surface area (Å²) in [5.41, 5.74) is 7.57. The lowest BCUT2D eigenvalue weighted by Gasteiger charge is -2.21. The van der Waals surface area contributed by atoms with Crippen LogP contribution in [-0.2, 0) is 13.0 Å². The van der Waals surface area contributed by atoms with Gasteiger partial charge in [0.05, 0.1) is 18.1 Å². The second kappa shape index (κ2) is 7.91. The molecular weight excluding hydrogens is 386 g/mol. The summed E-state index contributed by atoms with van der Waals surface area (Å²) in [5.74, 6) is 1.74. The van der Waals surface area contributed by atoms with Crippen LogP contribution in [0.4, 0.5) is 0 Å². The van der Waals surface area contributed by atoms with Crippen molar-refractivity contribution in [3.05, 3.63) is 83.2 Å². The number of amides is 1. The van der Waals surface area contributed by atoms with E-state index in [2.05, 4.69) is 46.4 Å². The van der Waals surface area contributed by atoms with Crippen LogP contribution in [0.2, 0.25) is 0 Å². The van der Waals surface area contributed by atoms with E-state index >= 15 is 0 Å². The predicted octanol–water partition coefficient (Wildman–Crippen LogP) is 5.14. The van der Waals surface area contributed by atoms with Crippen molar-refractivity contribution in [2.45, 2.75) is 26.3 Å². The minimum Gasteiger partial charge on any atom is -0.497 e. The van der Waals surface area contributed by atoms with Crippen LogP contribution in [0.25, 0.3) is 22.2 Å². The molecule has 1 aromatic heterocycles. The zero-order valence-corrected chi connectivity index (χ0v) is 17.8. The first-order valence-electron chi connectivity index (χ1n) is 10.6. The Morgan fingerprint density at radius 3 is 2.58 bits per heavy atom. The van der Waals surface area contributed by atoms with Gasteiger partial charge in [-0.05, 0) is 84.5 Å². The number of H-pyrrole nitrogens is 1. The molecule has 2 heterocycles. The number of hydrogen-bond donors (Lipinski definition) is 1. The van der Waals surface area contributed by atoms with Gasteiger partial charge < -0.3 is 14.6 Å². The maximum absolute atomic E-state index is 13.1. The summed E-state index contributed by atoms with van der Waals surface area (Å²) in [6.07, 6.45) is 1.95. The van der Waals surface area contributed by atoms with E-state index in [4.69, 9.17) is 4.74 Å². The van der Waals surface area contributed by atoms with E-state index in [1.165, 1.54) is 11.1 Å². The van der Waals surface area contributed by atoms with Gasteiger partial charge >= 0.3 is 0 Å². The molecule has 5 heteroatoms. The first kappa shape index (κ1) is 19.4. The van der Waals surface area contributed by atoms with Crippen molar-refractivity contribution >= 4 is 16.9 Å². The molecular formula is C26H25N3O2. The Kier molecular flexibility index (Phi) is 4.94. The Balaban J connectivity index is 1.44. The van der Waals surface area contributed by atoms with E-state index in [9.17, 15) is 4.79 Å². The Morgan fingerprint density at radius 2 is 1.77 bits per heavy atom. The van der Waals surface area contributed by atoms with E-state index in [-0.39, 0.29) is 5.91 Å². The van der Waals surface area contributed by atoms with E-state index in [1.54, 1.807) is 7.11 Å². The van der Waals surface area contributed by atoms with Gasteiger partial charge in [0.15, 0.2) is 0 Å². The minimum atomic E-state index is 0.0651. The zero-order valence-electron chi connectivity index (χ0n) is 17.8. The number of nitrogens with one attached hydrogen (secondary N) is 1. The van der Waals surface area contributed by atoms with Crippen LogP contribution in [0.5, 0.6) is 5.75 Å². The fraction of sp³-hybridized carbons (Fsp3) is 0.231. The standard InChI is InChI=1S/C26H25N3O2/c1-17-27-24-12-9-21(15-25(24)28-17)20-6-5-18-4-3-13-29(16-22(18)14-20)26(30)19-7-10-23(31-2)11-8-19/h5-12,14-15H,3-4,13,16H2,1-2H3,(H,27,28). The molecule has 0 bridgehead atoms. The summed E-state index contributed by atoms with van der Waals surface area (Å²) in [6, 6.07) is 20.3. The molecule has 0 atom stereocenters. The highest BCUT2D eigenvalue weighted by Crippen LogP contribution is 2.28. The molecule has 1 amide bonds. The summed E-state index contributed by atoms with van der Waals surface area (Å²) in [5, 5.41) is 0. The number of carbonyl (C=O) groups is 1. The smallest absolute Gasteiger partial charge is 0.254 e. The monoisotopic (exact) mass is 411 g/mol. The van der Waals surface area contributed by atoms with Gasteiger partial charge in [-0.3, -0.25) is 4.79 Å². The van der Waals surface area contributed by atoms with Crippen molar-refractivity contribution in [3.8, 4) is 16.9 Å². The molecule has 0 unspecified atom stereocenters. The first-order chi connectivity index (χ1) is 15.1. The third-order valence-corrected chi connectivity index (χ3v) is 6.00. The number of benzene rings is 3. The van der Waals surface area contributed by atoms with Crippen molar-refractivity contribution < 1.29 is 9.53 Å². The number of hydrogen-bond acceptors (Lipinski definition) is 3. The molecule has 5 rings (SSSR count). The van der Waals surface area contributed by atoms with Crippen LogP contribution in [0.3, 0.4) is 0 Å². The Hall–Kier alpha value is -3.60. The molecule has 31 heavy (non-hydrogen) atoms. The summed E-state index contributed by atoms with van der Waals surface area (Å²) in [7, 11) is 1.63. The highest BCUT2D eigenvalue weighted by atomic mass is 16.5. The topological polar surface area (TPSA) is 58.2 Å². The van der Waals surface area contributed by atoms with E-state index < -0.39 is 0 Å². The number of rotatable bonds is 3. The number of aryl methyl sites for hydroxylation is 2. The van der Waals surface area contributed by atoms with Crippen molar-refractivity contribution in [2.24, 2.45) is 0 Å². The van der Waals surface area contributed by atoms with Gasteiger partial charge in [0.2, 0.25) is 0 Å². The maximum Gasteiger partial charge on any atom is 0.254 e. The molecule has 0 spiro atoms. The second-order valence-electron chi connectivity index (χ2n) is 8.10. The largest absolute Gasteiger partial charge is 0.497 e. The van der Waals surface area contributed by atoms with Gasteiger partial charge in [0.1, 0.15) is 11.6 Å². The molecule has 0 fully saturated rings. The van der Waals surface area contributed by atoms with E-state index in [1.807, 2.05) is 36.1 Å². The van der Waals surface area contributed by atoms with Crippen LogP contribution >= 0.6 is 0 Å². The minimum absolute atomic E-state index is 0.0651. The molecule has 4 aromatic rings. The van der Waals surface area contributed by atoms with Gasteiger partial charge in [0.25, 0.3) is 5.91 Å². The van der Waals surface area contributed by atoms with Crippen LogP contribution < -0.4 is 4.74 Å². The Morgan fingerprint density at radius 1 is 1.00 bits per heavy atom. The van der Waals surface area contributed by atoms with Crippen LogP contribution in [0.15, 0.2) is 60.7 Å². The molecule has 1 aliphatic heterocycles. The highest BCUT2D eigenvalue weighted by molar-refractivity contribution is 5.94. The van der Waals surface area contributed by atoms with Crippen LogP contribution in [0.1, 0.15) is 33.7 Å². The SMILES string of the molecule is COc1ccc(C(=O)N2CCCc3ccc(-c4ccc5nc(C)[nH]c5c4)cc3C2)cc1. The summed E-state index contributed by atoms with van der Waals surface area (Å²) < 4.78 is 5.21. The lowest BCUT2D eigenvalue weighted by molar-refractivity contribution is 0.0746. The third kappa shape index (κ3) is 3.79. The fourth-order valence-electron chi connectivity index (χ4n) is 4.35. The molecule has 0 saturated heterocycles. The van der Waals surface area contributed by atoms with Gasteiger partial charge in [0, 0.05) is 18.7 Å². The fourth-order valence-corrected chi connectivity index (χ4v) is 4.35. The predicted molar refractivity (Wildman–Crippen MR) is 122 cm³/mol. The van der Waals surface area contributed by atoms with E-state index in [0.29, 0.717) is 12.1 Å². The molecule has 5 nitrogen and oxygen atoms in total. The normalized spacial score (nSPS) is 13.7. The molecule has 0 radical (unpaired) electrons. The molecule has 1 N–H and O–H groups in total. The highest BCUT2D eigenvalue weighted by Gasteiger charge is 2.21. The lowest BCUT2D eigenvalue weighted by Crippen LogP contribution is -2.30. The van der Waals surface area contributed by atoms with E-state index in [0.717, 1.165) is 53.1 Å². The van der Waals surface area contributed by atoms with Gasteiger partial charge in [-0.15, -0.1) is 0 Å². The number of aromatic nitrogens is 2. The van der Waals surface area contributed by atoms with Crippen LogP contribution in [0, 0.1) is 6.92 Å². The number of nitrogens with zero attached hydrogens (tertiary/aromatic N) is 2. The van der Waals surface area contributed by atoms with Crippen LogP contribution in [-0.4, -0.2) is 34.4 Å². The first-order valence-corrected chi connectivity index (χ1v) is 10.6. The second-order valence-corrected chi connectivity index (χ2v) is 8.10. The number of ether oxygens (including phenoxy) is 1. The zero-order chi connectivity index (χ0) is 21.4. The molecule has 156 valence electrons. The average molecular weight is 412 g/mol.